The second kappa shape index (κ2) is 5.52. The van der Waals surface area contributed by atoms with E-state index >= 15 is 0 Å². The van der Waals surface area contributed by atoms with Crippen LogP contribution in [0.2, 0.25) is 5.02 Å². The fraction of sp³-hybridized carbons (Fsp3) is 0.533. The number of halogens is 1. The van der Waals surface area contributed by atoms with E-state index in [2.05, 4.69) is 0 Å². The lowest BCUT2D eigenvalue weighted by Crippen LogP contribution is -2.35. The molecule has 1 aromatic carbocycles. The molecule has 1 amide bonds. The zero-order chi connectivity index (χ0) is 14.1. The Kier molecular flexibility index (Phi) is 3.74. The van der Waals surface area contributed by atoms with Gasteiger partial charge in [-0.15, -0.1) is 0 Å². The van der Waals surface area contributed by atoms with Gasteiger partial charge >= 0.3 is 0 Å². The Labute approximate surface area is 123 Å². The Bertz CT molecular complexity index is 526. The quantitative estimate of drug-likeness (QED) is 0.841. The Morgan fingerprint density at radius 1 is 1.25 bits per heavy atom. The van der Waals surface area contributed by atoms with Crippen molar-refractivity contribution >= 4 is 17.5 Å². The summed E-state index contributed by atoms with van der Waals surface area (Å²) in [6.07, 6.45) is 4.56. The van der Waals surface area contributed by atoms with E-state index in [1.165, 1.54) is 12.8 Å². The number of ether oxygens (including phenoxy) is 2. The number of hydrogen-bond donors (Lipinski definition) is 0. The molecule has 1 fully saturated rings. The molecule has 0 unspecified atom stereocenters. The maximum absolute atomic E-state index is 12.5. The average molecular weight is 296 g/mol. The minimum atomic E-state index is -0.00391. The van der Waals surface area contributed by atoms with Gasteiger partial charge in [-0.25, -0.2) is 0 Å². The lowest BCUT2D eigenvalue weighted by atomic mass is 10.1. The topological polar surface area (TPSA) is 38.8 Å². The molecule has 20 heavy (non-hydrogen) atoms. The fourth-order valence-electron chi connectivity index (χ4n) is 2.90. The lowest BCUT2D eigenvalue weighted by molar-refractivity contribution is 0.0734. The van der Waals surface area contributed by atoms with E-state index in [-0.39, 0.29) is 5.91 Å². The van der Waals surface area contributed by atoms with Crippen LogP contribution in [0, 0.1) is 0 Å². The summed E-state index contributed by atoms with van der Waals surface area (Å²) in [5, 5.41) is 0.436. The minimum absolute atomic E-state index is 0.00391. The summed E-state index contributed by atoms with van der Waals surface area (Å²) >= 11 is 6.18. The Hall–Kier alpha value is -1.42. The largest absolute Gasteiger partial charge is 0.486 e. The van der Waals surface area contributed by atoms with E-state index in [0.717, 1.165) is 12.8 Å². The van der Waals surface area contributed by atoms with E-state index in [1.807, 2.05) is 11.9 Å². The van der Waals surface area contributed by atoms with Gasteiger partial charge < -0.3 is 14.4 Å². The molecule has 1 saturated carbocycles. The van der Waals surface area contributed by atoms with Crippen molar-refractivity contribution in [2.24, 2.45) is 0 Å². The molecule has 0 radical (unpaired) electrons. The first-order chi connectivity index (χ1) is 9.66. The highest BCUT2D eigenvalue weighted by Gasteiger charge is 2.26. The number of hydrogen-bond acceptors (Lipinski definition) is 3. The first-order valence-corrected chi connectivity index (χ1v) is 7.41. The smallest absolute Gasteiger partial charge is 0.254 e. The molecule has 0 atom stereocenters. The number of amides is 1. The number of benzene rings is 1. The first kappa shape index (κ1) is 13.6. The molecule has 3 rings (SSSR count). The molecule has 1 aromatic rings. The van der Waals surface area contributed by atoms with Gasteiger partial charge in [0.2, 0.25) is 0 Å². The van der Waals surface area contributed by atoms with Crippen molar-refractivity contribution in [2.75, 3.05) is 20.3 Å². The van der Waals surface area contributed by atoms with Crippen molar-refractivity contribution in [3.05, 3.63) is 22.7 Å². The number of nitrogens with zero attached hydrogens (tertiary/aromatic N) is 1. The summed E-state index contributed by atoms with van der Waals surface area (Å²) < 4.78 is 11.0. The van der Waals surface area contributed by atoms with E-state index in [0.29, 0.717) is 41.3 Å². The van der Waals surface area contributed by atoms with Crippen LogP contribution in [0.1, 0.15) is 36.0 Å². The molecule has 0 saturated heterocycles. The van der Waals surface area contributed by atoms with Crippen LogP contribution in [0.4, 0.5) is 0 Å². The van der Waals surface area contributed by atoms with Crippen LogP contribution in [0.25, 0.3) is 0 Å². The van der Waals surface area contributed by atoms with Crippen LogP contribution < -0.4 is 9.47 Å². The summed E-state index contributed by atoms with van der Waals surface area (Å²) in [4.78, 5) is 14.4. The van der Waals surface area contributed by atoms with Crippen LogP contribution in [0.3, 0.4) is 0 Å². The molecule has 0 bridgehead atoms. The lowest BCUT2D eigenvalue weighted by Gasteiger charge is -2.25. The Morgan fingerprint density at radius 3 is 2.70 bits per heavy atom. The summed E-state index contributed by atoms with van der Waals surface area (Å²) in [5.41, 5.74) is 0.564. The van der Waals surface area contributed by atoms with Gasteiger partial charge in [0.1, 0.15) is 13.2 Å². The monoisotopic (exact) mass is 295 g/mol. The van der Waals surface area contributed by atoms with Crippen LogP contribution in [0.15, 0.2) is 12.1 Å². The van der Waals surface area contributed by atoms with Gasteiger partial charge in [0, 0.05) is 18.7 Å². The molecular formula is C15H18ClNO3. The van der Waals surface area contributed by atoms with Gasteiger partial charge in [0.25, 0.3) is 5.91 Å². The molecule has 0 N–H and O–H groups in total. The van der Waals surface area contributed by atoms with Gasteiger partial charge in [-0.1, -0.05) is 24.4 Å². The molecule has 108 valence electrons. The van der Waals surface area contributed by atoms with Crippen molar-refractivity contribution in [3.63, 3.8) is 0 Å². The molecule has 1 aliphatic carbocycles. The SMILES string of the molecule is CN(C(=O)c1cc(Cl)c2c(c1)OCCO2)C1CCCC1. The van der Waals surface area contributed by atoms with E-state index in [9.17, 15) is 4.79 Å². The normalized spacial score (nSPS) is 18.1. The van der Waals surface area contributed by atoms with E-state index < -0.39 is 0 Å². The summed E-state index contributed by atoms with van der Waals surface area (Å²) in [6, 6.07) is 3.74. The van der Waals surface area contributed by atoms with Gasteiger partial charge in [0.05, 0.1) is 5.02 Å². The zero-order valence-electron chi connectivity index (χ0n) is 11.5. The molecule has 2 aliphatic rings. The van der Waals surface area contributed by atoms with E-state index in [1.54, 1.807) is 12.1 Å². The summed E-state index contributed by atoms with van der Waals surface area (Å²) in [5.74, 6) is 1.10. The Morgan fingerprint density at radius 2 is 1.95 bits per heavy atom. The fourth-order valence-corrected chi connectivity index (χ4v) is 3.16. The molecule has 4 nitrogen and oxygen atoms in total. The minimum Gasteiger partial charge on any atom is -0.486 e. The molecule has 0 spiro atoms. The number of fused-ring (bicyclic) bond motifs is 1. The first-order valence-electron chi connectivity index (χ1n) is 7.03. The highest BCUT2D eigenvalue weighted by Crippen LogP contribution is 2.38. The molecule has 1 heterocycles. The van der Waals surface area contributed by atoms with Gasteiger partial charge in [-0.2, -0.15) is 0 Å². The van der Waals surface area contributed by atoms with Crippen LogP contribution in [-0.2, 0) is 0 Å². The van der Waals surface area contributed by atoms with Gasteiger partial charge in [-0.3, -0.25) is 4.79 Å². The van der Waals surface area contributed by atoms with Crippen LogP contribution >= 0.6 is 11.6 Å². The number of rotatable bonds is 2. The highest BCUT2D eigenvalue weighted by molar-refractivity contribution is 6.32. The standard InChI is InChI=1S/C15H18ClNO3/c1-17(11-4-2-3-5-11)15(18)10-8-12(16)14-13(9-10)19-6-7-20-14/h8-9,11H,2-7H2,1H3. The highest BCUT2D eigenvalue weighted by atomic mass is 35.5. The molecule has 1 aliphatic heterocycles. The maximum atomic E-state index is 12.5. The second-order valence-corrected chi connectivity index (χ2v) is 5.74. The van der Waals surface area contributed by atoms with Crippen molar-refractivity contribution in [3.8, 4) is 11.5 Å². The Balaban J connectivity index is 1.86. The third-order valence-corrected chi connectivity index (χ3v) is 4.32. The van der Waals surface area contributed by atoms with Crippen molar-refractivity contribution < 1.29 is 14.3 Å². The van der Waals surface area contributed by atoms with Gasteiger partial charge in [-0.05, 0) is 25.0 Å². The van der Waals surface area contributed by atoms with Crippen LogP contribution in [-0.4, -0.2) is 37.1 Å². The average Bonchev–Trinajstić information content (AvgIpc) is 3.00. The molecule has 0 aromatic heterocycles. The third-order valence-electron chi connectivity index (χ3n) is 4.04. The molecule has 5 heteroatoms. The summed E-state index contributed by atoms with van der Waals surface area (Å²) in [6.45, 7) is 0.974. The number of carbonyl (C=O) groups is 1. The second-order valence-electron chi connectivity index (χ2n) is 5.34. The zero-order valence-corrected chi connectivity index (χ0v) is 12.3. The number of carbonyl (C=O) groups excluding carboxylic acids is 1. The van der Waals surface area contributed by atoms with Crippen molar-refractivity contribution in [1.29, 1.82) is 0 Å². The predicted octanol–water partition coefficient (Wildman–Crippen LogP) is 3.13. The molecular weight excluding hydrogens is 278 g/mol. The van der Waals surface area contributed by atoms with Crippen molar-refractivity contribution in [2.45, 2.75) is 31.7 Å². The van der Waals surface area contributed by atoms with Gasteiger partial charge in [0.15, 0.2) is 11.5 Å². The third kappa shape index (κ3) is 2.44. The van der Waals surface area contributed by atoms with Crippen LogP contribution in [0.5, 0.6) is 11.5 Å². The summed E-state index contributed by atoms with van der Waals surface area (Å²) in [7, 11) is 1.86. The van der Waals surface area contributed by atoms with E-state index in [4.69, 9.17) is 21.1 Å². The van der Waals surface area contributed by atoms with Crippen molar-refractivity contribution in [1.82, 2.24) is 4.90 Å². The maximum Gasteiger partial charge on any atom is 0.254 e. The predicted molar refractivity (Wildman–Crippen MR) is 76.8 cm³/mol.